The summed E-state index contributed by atoms with van der Waals surface area (Å²) >= 11 is 1.65. The Morgan fingerprint density at radius 2 is 1.97 bits per heavy atom. The molecule has 1 aromatic heterocycles. The third-order valence-corrected chi connectivity index (χ3v) is 6.67. The van der Waals surface area contributed by atoms with Crippen LogP contribution in [0.25, 0.3) is 0 Å². The van der Waals surface area contributed by atoms with E-state index in [0.717, 1.165) is 46.2 Å². The van der Waals surface area contributed by atoms with Gasteiger partial charge in [-0.3, -0.25) is 15.0 Å². The summed E-state index contributed by atoms with van der Waals surface area (Å²) in [5.74, 6) is 0. The molecule has 2 aromatic carbocycles. The summed E-state index contributed by atoms with van der Waals surface area (Å²) in [6, 6.07) is 13.1. The maximum Gasteiger partial charge on any atom is 0.414 e. The number of rotatable bonds is 5. The highest BCUT2D eigenvalue weighted by molar-refractivity contribution is 7.15. The quantitative estimate of drug-likeness (QED) is 0.441. The maximum atomic E-state index is 11.7. The molecule has 0 radical (unpaired) electrons. The van der Waals surface area contributed by atoms with Crippen LogP contribution < -0.4 is 9.80 Å². The van der Waals surface area contributed by atoms with Crippen LogP contribution >= 0.6 is 11.3 Å². The summed E-state index contributed by atoms with van der Waals surface area (Å²) in [7, 11) is 0. The highest BCUT2D eigenvalue weighted by Gasteiger charge is 2.24. The number of anilines is 2. The minimum atomic E-state index is -0.349. The minimum Gasteiger partial charge on any atom is -0.447 e. The first-order valence-electron chi connectivity index (χ1n) is 10.1. The number of cyclic esters (lactones) is 1. The summed E-state index contributed by atoms with van der Waals surface area (Å²) in [5.41, 5.74) is 4.28. The molecule has 1 fully saturated rings. The molecule has 0 unspecified atom stereocenters. The molecule has 0 atom stereocenters. The van der Waals surface area contributed by atoms with E-state index >= 15 is 0 Å². The van der Waals surface area contributed by atoms with Gasteiger partial charge in [0.25, 0.3) is 5.69 Å². The summed E-state index contributed by atoms with van der Waals surface area (Å²) in [4.78, 5) is 32.0. The number of aromatic nitrogens is 1. The third-order valence-electron chi connectivity index (χ3n) is 5.61. The van der Waals surface area contributed by atoms with Crippen molar-refractivity contribution < 1.29 is 14.5 Å². The lowest BCUT2D eigenvalue weighted by Gasteiger charge is -2.28. The highest BCUT2D eigenvalue weighted by atomic mass is 32.1. The average Bonchev–Trinajstić information content (AvgIpc) is 3.42. The Morgan fingerprint density at radius 1 is 1.13 bits per heavy atom. The van der Waals surface area contributed by atoms with Gasteiger partial charge >= 0.3 is 6.09 Å². The Kier molecular flexibility index (Phi) is 5.03. The first-order valence-corrected chi connectivity index (χ1v) is 10.9. The number of nitro benzene ring substituents is 1. The second-order valence-electron chi connectivity index (χ2n) is 7.60. The van der Waals surface area contributed by atoms with Crippen molar-refractivity contribution in [2.45, 2.75) is 19.4 Å². The van der Waals surface area contributed by atoms with E-state index in [-0.39, 0.29) is 16.7 Å². The molecule has 9 heteroatoms. The van der Waals surface area contributed by atoms with E-state index in [9.17, 15) is 14.9 Å². The number of carbonyl (C=O) groups excluding carboxylic acids is 1. The fraction of sp³-hybridized carbons (Fsp3) is 0.273. The maximum absolute atomic E-state index is 11.7. The Labute approximate surface area is 182 Å². The van der Waals surface area contributed by atoms with Gasteiger partial charge in [0.05, 0.1) is 11.5 Å². The van der Waals surface area contributed by atoms with Crippen LogP contribution in [-0.2, 0) is 24.1 Å². The Morgan fingerprint density at radius 3 is 2.71 bits per heavy atom. The third kappa shape index (κ3) is 3.96. The first kappa shape index (κ1) is 19.5. The average molecular weight is 436 g/mol. The number of nitro groups is 1. The van der Waals surface area contributed by atoms with Gasteiger partial charge < -0.3 is 9.64 Å². The molecule has 0 aliphatic carbocycles. The molecule has 1 amide bonds. The molecule has 0 N–H and O–H groups in total. The van der Waals surface area contributed by atoms with Crippen LogP contribution in [0.5, 0.6) is 0 Å². The number of hydrogen-bond donors (Lipinski definition) is 0. The SMILES string of the molecule is O=C1OCCN1c1ccc(Cc2cnc(N3CCc4ccc([N+](=O)[O-])cc4C3)s2)cc1. The van der Waals surface area contributed by atoms with Gasteiger partial charge in [0.15, 0.2) is 5.13 Å². The number of ether oxygens (including phenoxy) is 1. The smallest absolute Gasteiger partial charge is 0.414 e. The number of benzene rings is 2. The second-order valence-corrected chi connectivity index (χ2v) is 8.69. The highest BCUT2D eigenvalue weighted by Crippen LogP contribution is 2.31. The Bertz CT molecular complexity index is 1140. The van der Waals surface area contributed by atoms with Crippen molar-refractivity contribution in [3.05, 3.63) is 80.3 Å². The van der Waals surface area contributed by atoms with Crippen molar-refractivity contribution in [1.29, 1.82) is 0 Å². The zero-order valence-electron chi connectivity index (χ0n) is 16.7. The molecule has 0 bridgehead atoms. The number of nitrogens with zero attached hydrogens (tertiary/aromatic N) is 4. The number of thiazole rings is 1. The number of hydrogen-bond acceptors (Lipinski definition) is 7. The Hall–Kier alpha value is -3.46. The lowest BCUT2D eigenvalue weighted by molar-refractivity contribution is -0.384. The van der Waals surface area contributed by atoms with Gasteiger partial charge in [-0.25, -0.2) is 9.78 Å². The molecule has 0 saturated carbocycles. The van der Waals surface area contributed by atoms with Crippen molar-refractivity contribution in [3.8, 4) is 0 Å². The van der Waals surface area contributed by atoms with Gasteiger partial charge in [-0.15, -0.1) is 11.3 Å². The fourth-order valence-electron chi connectivity index (χ4n) is 3.97. The van der Waals surface area contributed by atoms with E-state index in [0.29, 0.717) is 19.7 Å². The van der Waals surface area contributed by atoms with Crippen LogP contribution in [0.2, 0.25) is 0 Å². The molecular formula is C22H20N4O4S. The molecule has 2 aliphatic heterocycles. The van der Waals surface area contributed by atoms with E-state index in [1.54, 1.807) is 28.4 Å². The number of non-ortho nitro benzene ring substituents is 1. The zero-order valence-corrected chi connectivity index (χ0v) is 17.5. The van der Waals surface area contributed by atoms with Gasteiger partial charge in [-0.05, 0) is 35.2 Å². The van der Waals surface area contributed by atoms with Crippen molar-refractivity contribution in [2.24, 2.45) is 0 Å². The number of carbonyl (C=O) groups is 1. The molecule has 1 saturated heterocycles. The van der Waals surface area contributed by atoms with Crippen LogP contribution in [0.1, 0.15) is 21.6 Å². The molecule has 31 heavy (non-hydrogen) atoms. The molecule has 3 heterocycles. The van der Waals surface area contributed by atoms with Crippen molar-refractivity contribution in [2.75, 3.05) is 29.5 Å². The minimum absolute atomic E-state index is 0.131. The van der Waals surface area contributed by atoms with Gasteiger partial charge in [0.1, 0.15) is 6.61 Å². The topological polar surface area (TPSA) is 88.8 Å². The second kappa shape index (κ2) is 7.99. The summed E-state index contributed by atoms with van der Waals surface area (Å²) < 4.78 is 4.99. The molecule has 0 spiro atoms. The van der Waals surface area contributed by atoms with Crippen molar-refractivity contribution in [1.82, 2.24) is 4.98 Å². The Balaban J connectivity index is 1.27. The van der Waals surface area contributed by atoms with Crippen LogP contribution in [-0.4, -0.2) is 35.7 Å². The first-order chi connectivity index (χ1) is 15.1. The van der Waals surface area contributed by atoms with E-state index < -0.39 is 0 Å². The molecule has 5 rings (SSSR count). The van der Waals surface area contributed by atoms with Crippen molar-refractivity contribution >= 4 is 33.9 Å². The van der Waals surface area contributed by atoms with Crippen LogP contribution in [0.15, 0.2) is 48.7 Å². The van der Waals surface area contributed by atoms with Crippen LogP contribution in [0.3, 0.4) is 0 Å². The predicted octanol–water partition coefficient (Wildman–Crippen LogP) is 4.16. The molecule has 3 aromatic rings. The predicted molar refractivity (Wildman–Crippen MR) is 118 cm³/mol. The normalized spacial score (nSPS) is 15.7. The molecule has 8 nitrogen and oxygen atoms in total. The lowest BCUT2D eigenvalue weighted by atomic mass is 9.99. The van der Waals surface area contributed by atoms with Gasteiger partial charge in [0, 0.05) is 48.4 Å². The molecular weight excluding hydrogens is 416 g/mol. The van der Waals surface area contributed by atoms with Crippen molar-refractivity contribution in [3.63, 3.8) is 0 Å². The largest absolute Gasteiger partial charge is 0.447 e. The van der Waals surface area contributed by atoms with E-state index in [1.165, 1.54) is 5.56 Å². The number of amides is 1. The summed E-state index contributed by atoms with van der Waals surface area (Å²) in [6.45, 7) is 2.49. The summed E-state index contributed by atoms with van der Waals surface area (Å²) in [6.07, 6.45) is 3.21. The standard InChI is InChI=1S/C22H20N4O4S/c27-22-25(9-10-30-22)18-4-1-15(2-5-18)11-20-13-23-21(31-20)24-8-7-16-3-6-19(26(28)29)12-17(16)14-24/h1-6,12-13H,7-11,14H2. The zero-order chi connectivity index (χ0) is 21.4. The van der Waals surface area contributed by atoms with Gasteiger partial charge in [-0.2, -0.15) is 0 Å². The van der Waals surface area contributed by atoms with Crippen LogP contribution in [0.4, 0.5) is 21.3 Å². The molecule has 2 aliphatic rings. The molecule has 158 valence electrons. The van der Waals surface area contributed by atoms with Gasteiger partial charge in [-0.1, -0.05) is 18.2 Å². The fourth-order valence-corrected chi connectivity index (χ4v) is 4.94. The van der Waals surface area contributed by atoms with E-state index in [2.05, 4.69) is 9.88 Å². The number of fused-ring (bicyclic) bond motifs is 1. The lowest BCUT2D eigenvalue weighted by Crippen LogP contribution is -2.30. The monoisotopic (exact) mass is 436 g/mol. The van der Waals surface area contributed by atoms with E-state index in [4.69, 9.17) is 4.74 Å². The van der Waals surface area contributed by atoms with Gasteiger partial charge in [0.2, 0.25) is 0 Å². The van der Waals surface area contributed by atoms with Crippen LogP contribution in [0, 0.1) is 10.1 Å². The summed E-state index contributed by atoms with van der Waals surface area (Å²) in [5, 5.41) is 12.0. The van der Waals surface area contributed by atoms with E-state index in [1.807, 2.05) is 36.5 Å².